The van der Waals surface area contributed by atoms with Crippen LogP contribution in [0.5, 0.6) is 5.75 Å². The van der Waals surface area contributed by atoms with Crippen molar-refractivity contribution in [2.75, 3.05) is 19.4 Å². The molecule has 1 fully saturated rings. The summed E-state index contributed by atoms with van der Waals surface area (Å²) in [6.07, 6.45) is 4.13. The van der Waals surface area contributed by atoms with Crippen molar-refractivity contribution in [1.82, 2.24) is 19.8 Å². The minimum Gasteiger partial charge on any atom is -0.497 e. The van der Waals surface area contributed by atoms with Crippen LogP contribution in [0.15, 0.2) is 47.2 Å². The molecule has 1 aromatic carbocycles. The maximum Gasteiger partial charge on any atom is 0.293 e. The molecule has 9 nitrogen and oxygen atoms in total. The Kier molecular flexibility index (Phi) is 4.56. The van der Waals surface area contributed by atoms with Crippen LogP contribution in [0.3, 0.4) is 0 Å². The summed E-state index contributed by atoms with van der Waals surface area (Å²) >= 11 is 0. The summed E-state index contributed by atoms with van der Waals surface area (Å²) < 4.78 is 11.6. The number of carbonyl (C=O) groups is 2. The van der Waals surface area contributed by atoms with Crippen molar-refractivity contribution in [2.45, 2.75) is 18.9 Å². The second-order valence-electron chi connectivity index (χ2n) is 6.45. The minimum atomic E-state index is -0.603. The average Bonchev–Trinajstić information content (AvgIpc) is 3.47. The molecule has 1 aliphatic heterocycles. The number of anilines is 1. The van der Waals surface area contributed by atoms with Gasteiger partial charge in [0.25, 0.3) is 5.91 Å². The molecule has 0 unspecified atom stereocenters. The van der Waals surface area contributed by atoms with E-state index >= 15 is 0 Å². The van der Waals surface area contributed by atoms with Crippen molar-refractivity contribution in [3.8, 4) is 11.4 Å². The molecule has 1 aliphatic rings. The molecule has 0 bridgehead atoms. The van der Waals surface area contributed by atoms with Crippen molar-refractivity contribution >= 4 is 17.5 Å². The molecular weight excluding hydrogens is 362 g/mol. The van der Waals surface area contributed by atoms with Gasteiger partial charge in [-0.05, 0) is 37.1 Å². The topological polar surface area (TPSA) is 116 Å². The lowest BCUT2D eigenvalue weighted by molar-refractivity contribution is 0.0640. The van der Waals surface area contributed by atoms with Crippen molar-refractivity contribution in [3.63, 3.8) is 0 Å². The van der Waals surface area contributed by atoms with E-state index in [1.807, 2.05) is 0 Å². The van der Waals surface area contributed by atoms with Crippen LogP contribution in [-0.4, -0.2) is 51.2 Å². The summed E-state index contributed by atoms with van der Waals surface area (Å²) in [6, 6.07) is 8.04. The number of hydrogen-bond acceptors (Lipinski definition) is 7. The molecule has 2 N–H and O–H groups in total. The van der Waals surface area contributed by atoms with Crippen molar-refractivity contribution in [3.05, 3.63) is 54.0 Å². The molecule has 2 aromatic heterocycles. The lowest BCUT2D eigenvalue weighted by atomic mass is 10.0. The van der Waals surface area contributed by atoms with Gasteiger partial charge in [-0.1, -0.05) is 5.16 Å². The van der Waals surface area contributed by atoms with E-state index in [9.17, 15) is 9.59 Å². The van der Waals surface area contributed by atoms with E-state index in [2.05, 4.69) is 10.3 Å². The molecule has 1 atom stereocenters. The number of hydrogen-bond donors (Lipinski definition) is 1. The summed E-state index contributed by atoms with van der Waals surface area (Å²) in [6.45, 7) is 0.475. The fraction of sp³-hybridized carbons (Fsp3) is 0.263. The largest absolute Gasteiger partial charge is 0.497 e. The van der Waals surface area contributed by atoms with E-state index in [0.717, 1.165) is 6.42 Å². The maximum absolute atomic E-state index is 13.1. The van der Waals surface area contributed by atoms with Crippen molar-refractivity contribution < 1.29 is 18.8 Å². The molecule has 9 heteroatoms. The third-order valence-corrected chi connectivity index (χ3v) is 4.85. The Hall–Kier alpha value is -3.62. The summed E-state index contributed by atoms with van der Waals surface area (Å²) in [5, 5.41) is 7.81. The van der Waals surface area contributed by atoms with Gasteiger partial charge in [0.1, 0.15) is 11.6 Å². The van der Waals surface area contributed by atoms with Gasteiger partial charge < -0.3 is 19.9 Å². The molecule has 1 amide bonds. The first-order valence-electron chi connectivity index (χ1n) is 8.84. The first-order chi connectivity index (χ1) is 13.6. The van der Waals surface area contributed by atoms with E-state index in [4.69, 9.17) is 15.0 Å². The highest BCUT2D eigenvalue weighted by molar-refractivity contribution is 6.06. The number of nitrogen functional groups attached to an aromatic ring is 1. The van der Waals surface area contributed by atoms with Crippen LogP contribution in [0.1, 0.15) is 33.8 Å². The van der Waals surface area contributed by atoms with E-state index in [1.54, 1.807) is 31.4 Å². The van der Waals surface area contributed by atoms with Gasteiger partial charge in [-0.15, -0.1) is 0 Å². The predicted molar refractivity (Wildman–Crippen MR) is 99.4 cm³/mol. The van der Waals surface area contributed by atoms with Crippen LogP contribution in [0.4, 0.5) is 5.82 Å². The van der Waals surface area contributed by atoms with E-state index < -0.39 is 6.04 Å². The smallest absolute Gasteiger partial charge is 0.293 e. The molecule has 144 valence electrons. The molecule has 0 radical (unpaired) electrons. The lowest BCUT2D eigenvalue weighted by Gasteiger charge is -2.22. The Bertz CT molecular complexity index is 994. The number of rotatable bonds is 5. The number of nitrogens with two attached hydrogens (primary N) is 1. The Morgan fingerprint density at radius 3 is 2.71 bits per heavy atom. The van der Waals surface area contributed by atoms with Crippen LogP contribution in [-0.2, 0) is 0 Å². The maximum atomic E-state index is 13.1. The summed E-state index contributed by atoms with van der Waals surface area (Å²) in [4.78, 5) is 27.2. The van der Waals surface area contributed by atoms with Gasteiger partial charge in [-0.3, -0.25) is 9.59 Å². The van der Waals surface area contributed by atoms with E-state index in [1.165, 1.54) is 28.0 Å². The highest BCUT2D eigenvalue weighted by Crippen LogP contribution is 2.27. The number of methoxy groups -OCH3 is 1. The summed E-state index contributed by atoms with van der Waals surface area (Å²) in [5.41, 5.74) is 7.20. The van der Waals surface area contributed by atoms with Crippen molar-refractivity contribution in [1.29, 1.82) is 0 Å². The van der Waals surface area contributed by atoms with Gasteiger partial charge in [0.2, 0.25) is 5.76 Å². The SMILES string of the molecule is COc1ccc(-n2ncc(C(=O)[C@@H]3CCCN3C(=O)c3ccno3)c2N)cc1. The second kappa shape index (κ2) is 7.18. The Labute approximate surface area is 160 Å². The molecular formula is C19H19N5O4. The van der Waals surface area contributed by atoms with Gasteiger partial charge in [-0.2, -0.15) is 5.10 Å². The number of carbonyl (C=O) groups excluding carboxylic acids is 2. The molecule has 28 heavy (non-hydrogen) atoms. The average molecular weight is 381 g/mol. The van der Waals surface area contributed by atoms with Gasteiger partial charge in [0.05, 0.1) is 36.8 Å². The Morgan fingerprint density at radius 2 is 2.04 bits per heavy atom. The van der Waals surface area contributed by atoms with Crippen LogP contribution in [0, 0.1) is 0 Å². The van der Waals surface area contributed by atoms with Gasteiger partial charge in [0.15, 0.2) is 5.78 Å². The lowest BCUT2D eigenvalue weighted by Crippen LogP contribution is -2.40. The fourth-order valence-corrected chi connectivity index (χ4v) is 3.41. The van der Waals surface area contributed by atoms with Gasteiger partial charge in [0, 0.05) is 12.6 Å². The fourth-order valence-electron chi connectivity index (χ4n) is 3.41. The highest BCUT2D eigenvalue weighted by Gasteiger charge is 2.37. The van der Waals surface area contributed by atoms with Gasteiger partial charge >= 0.3 is 0 Å². The zero-order valence-corrected chi connectivity index (χ0v) is 15.2. The molecule has 0 aliphatic carbocycles. The second-order valence-corrected chi connectivity index (χ2v) is 6.45. The number of ketones is 1. The number of Topliss-reactive ketones (excluding diaryl/α,β-unsaturated/α-hetero) is 1. The summed E-state index contributed by atoms with van der Waals surface area (Å²) in [5.74, 6) is 0.464. The Balaban J connectivity index is 1.59. The molecule has 0 saturated carbocycles. The third-order valence-electron chi connectivity index (χ3n) is 4.85. The number of amides is 1. The molecule has 1 saturated heterocycles. The highest BCUT2D eigenvalue weighted by atomic mass is 16.5. The number of benzene rings is 1. The normalized spacial score (nSPS) is 16.3. The molecule has 3 heterocycles. The zero-order chi connectivity index (χ0) is 19.7. The predicted octanol–water partition coefficient (Wildman–Crippen LogP) is 1.94. The first kappa shape index (κ1) is 17.8. The monoisotopic (exact) mass is 381 g/mol. The van der Waals surface area contributed by atoms with E-state index in [0.29, 0.717) is 24.4 Å². The number of likely N-dealkylation sites (tertiary alicyclic amines) is 1. The van der Waals surface area contributed by atoms with Crippen LogP contribution >= 0.6 is 0 Å². The van der Waals surface area contributed by atoms with Crippen LogP contribution in [0.25, 0.3) is 5.69 Å². The Morgan fingerprint density at radius 1 is 1.25 bits per heavy atom. The minimum absolute atomic E-state index is 0.113. The number of nitrogens with zero attached hydrogens (tertiary/aromatic N) is 4. The van der Waals surface area contributed by atoms with Gasteiger partial charge in [-0.25, -0.2) is 4.68 Å². The number of ether oxygens (including phenoxy) is 1. The van der Waals surface area contributed by atoms with Crippen LogP contribution < -0.4 is 10.5 Å². The summed E-state index contributed by atoms with van der Waals surface area (Å²) in [7, 11) is 1.58. The van der Waals surface area contributed by atoms with Crippen molar-refractivity contribution in [2.24, 2.45) is 0 Å². The molecule has 4 rings (SSSR count). The quantitative estimate of drug-likeness (QED) is 0.671. The molecule has 3 aromatic rings. The third kappa shape index (κ3) is 3.00. The first-order valence-corrected chi connectivity index (χ1v) is 8.84. The molecule has 0 spiro atoms. The standard InChI is InChI=1S/C19H19N5O4/c1-27-13-6-4-12(5-7-13)24-18(20)14(11-21-24)17(25)15-3-2-10-23(15)19(26)16-8-9-22-28-16/h4-9,11,15H,2-3,10,20H2,1H3/t15-/m0/s1. The van der Waals surface area contributed by atoms with E-state index in [-0.39, 0.29) is 28.8 Å². The van der Waals surface area contributed by atoms with Crippen LogP contribution in [0.2, 0.25) is 0 Å². The zero-order valence-electron chi connectivity index (χ0n) is 15.2. The number of aromatic nitrogens is 3.